The highest BCUT2D eigenvalue weighted by Gasteiger charge is 2.18. The van der Waals surface area contributed by atoms with E-state index in [0.717, 1.165) is 22.6 Å². The number of ether oxygens (including phenoxy) is 2. The van der Waals surface area contributed by atoms with Crippen LogP contribution in [0.25, 0.3) is 5.69 Å². The number of benzene rings is 2. The van der Waals surface area contributed by atoms with E-state index in [1.165, 1.54) is 11.8 Å². The molecule has 1 N–H and O–H groups in total. The third kappa shape index (κ3) is 3.94. The Labute approximate surface area is 166 Å². The lowest BCUT2D eigenvalue weighted by atomic mass is 10.1. The van der Waals surface area contributed by atoms with Crippen molar-refractivity contribution in [3.63, 3.8) is 0 Å². The van der Waals surface area contributed by atoms with Gasteiger partial charge in [-0.25, -0.2) is 0 Å². The van der Waals surface area contributed by atoms with E-state index in [2.05, 4.69) is 20.8 Å². The number of rotatable bonds is 6. The molecule has 144 valence electrons. The maximum Gasteiger partial charge on any atom is 0.231 e. The first kappa shape index (κ1) is 18.3. The number of carbonyl (C=O) groups excluding carboxylic acids is 1. The average molecular weight is 397 g/mol. The monoisotopic (exact) mass is 397 g/mol. The normalized spacial score (nSPS) is 13.4. The Morgan fingerprint density at radius 1 is 1.21 bits per heavy atom. The van der Waals surface area contributed by atoms with Gasteiger partial charge in [0.1, 0.15) is 0 Å². The number of hydrogen-bond acceptors (Lipinski definition) is 7. The smallest absolute Gasteiger partial charge is 0.231 e. The average Bonchev–Trinajstić information content (AvgIpc) is 3.35. The van der Waals surface area contributed by atoms with Gasteiger partial charge in [-0.05, 0) is 54.1 Å². The Kier molecular flexibility index (Phi) is 5.16. The molecule has 9 heteroatoms. The van der Waals surface area contributed by atoms with Gasteiger partial charge in [0.2, 0.25) is 17.9 Å². The molecule has 0 saturated heterocycles. The zero-order chi connectivity index (χ0) is 19.5. The summed E-state index contributed by atoms with van der Waals surface area (Å²) in [7, 11) is 0. The number of aromatic nitrogens is 4. The molecule has 1 amide bonds. The third-order valence-electron chi connectivity index (χ3n) is 4.33. The molecule has 0 saturated carbocycles. The number of carbonyl (C=O) groups is 1. The van der Waals surface area contributed by atoms with Gasteiger partial charge in [0, 0.05) is 0 Å². The van der Waals surface area contributed by atoms with Gasteiger partial charge >= 0.3 is 0 Å². The van der Waals surface area contributed by atoms with E-state index in [0.29, 0.717) is 10.9 Å². The van der Waals surface area contributed by atoms with Gasteiger partial charge in [-0.2, -0.15) is 4.68 Å². The lowest BCUT2D eigenvalue weighted by Crippen LogP contribution is -2.28. The molecular weight excluding hydrogens is 378 g/mol. The lowest BCUT2D eigenvalue weighted by Gasteiger charge is -2.14. The van der Waals surface area contributed by atoms with Crippen molar-refractivity contribution in [1.82, 2.24) is 25.5 Å². The number of tetrazole rings is 1. The minimum Gasteiger partial charge on any atom is -0.454 e. The van der Waals surface area contributed by atoms with Crippen LogP contribution in [0.4, 0.5) is 0 Å². The molecule has 1 aromatic heterocycles. The highest BCUT2D eigenvalue weighted by molar-refractivity contribution is 7.99. The molecule has 1 aliphatic rings. The van der Waals surface area contributed by atoms with Crippen LogP contribution in [-0.4, -0.2) is 38.7 Å². The van der Waals surface area contributed by atoms with E-state index in [1.807, 2.05) is 56.3 Å². The molecule has 0 fully saturated rings. The maximum absolute atomic E-state index is 12.4. The number of nitrogens with one attached hydrogen (secondary N) is 1. The molecule has 1 aliphatic heterocycles. The van der Waals surface area contributed by atoms with Gasteiger partial charge in [-0.15, -0.1) is 5.10 Å². The van der Waals surface area contributed by atoms with Gasteiger partial charge in [-0.1, -0.05) is 35.5 Å². The quantitative estimate of drug-likeness (QED) is 0.640. The zero-order valence-corrected chi connectivity index (χ0v) is 16.3. The lowest BCUT2D eigenvalue weighted by molar-refractivity contribution is -0.119. The molecule has 0 aliphatic carbocycles. The summed E-state index contributed by atoms with van der Waals surface area (Å²) in [5.41, 5.74) is 2.96. The van der Waals surface area contributed by atoms with E-state index < -0.39 is 0 Å². The van der Waals surface area contributed by atoms with Crippen molar-refractivity contribution in [2.75, 3.05) is 12.5 Å². The van der Waals surface area contributed by atoms with Crippen molar-refractivity contribution in [2.24, 2.45) is 0 Å². The van der Waals surface area contributed by atoms with Crippen molar-refractivity contribution >= 4 is 17.7 Å². The molecule has 28 heavy (non-hydrogen) atoms. The highest BCUT2D eigenvalue weighted by atomic mass is 32.2. The Bertz CT molecular complexity index is 989. The van der Waals surface area contributed by atoms with Gasteiger partial charge < -0.3 is 14.8 Å². The number of nitrogens with zero attached hydrogens (tertiary/aromatic N) is 4. The van der Waals surface area contributed by atoms with Gasteiger partial charge in [0.25, 0.3) is 0 Å². The molecular formula is C19H19N5O3S. The minimum absolute atomic E-state index is 0.103. The molecule has 1 atom stereocenters. The van der Waals surface area contributed by atoms with Crippen LogP contribution in [0, 0.1) is 6.92 Å². The predicted octanol–water partition coefficient (Wildman–Crippen LogP) is 2.67. The summed E-state index contributed by atoms with van der Waals surface area (Å²) in [5, 5.41) is 15.3. The number of thioether (sulfide) groups is 1. The summed E-state index contributed by atoms with van der Waals surface area (Å²) >= 11 is 1.29. The summed E-state index contributed by atoms with van der Waals surface area (Å²) in [4.78, 5) is 12.4. The van der Waals surface area contributed by atoms with Crippen molar-refractivity contribution in [3.05, 3.63) is 53.6 Å². The zero-order valence-electron chi connectivity index (χ0n) is 15.5. The molecule has 8 nitrogen and oxygen atoms in total. The van der Waals surface area contributed by atoms with Gasteiger partial charge in [0.15, 0.2) is 11.5 Å². The van der Waals surface area contributed by atoms with Crippen LogP contribution in [0.15, 0.2) is 47.6 Å². The second-order valence-electron chi connectivity index (χ2n) is 6.40. The Hall–Kier alpha value is -3.07. The Morgan fingerprint density at radius 3 is 2.82 bits per heavy atom. The van der Waals surface area contributed by atoms with Crippen LogP contribution in [0.2, 0.25) is 0 Å². The molecule has 0 radical (unpaired) electrons. The summed E-state index contributed by atoms with van der Waals surface area (Å²) in [6.07, 6.45) is 0. The fourth-order valence-electron chi connectivity index (χ4n) is 2.80. The van der Waals surface area contributed by atoms with Crippen LogP contribution >= 0.6 is 11.8 Å². The molecule has 0 bridgehead atoms. The minimum atomic E-state index is -0.157. The first-order valence-corrected chi connectivity index (χ1v) is 9.76. The van der Waals surface area contributed by atoms with Gasteiger partial charge in [-0.3, -0.25) is 4.79 Å². The van der Waals surface area contributed by atoms with E-state index >= 15 is 0 Å². The van der Waals surface area contributed by atoms with Crippen molar-refractivity contribution < 1.29 is 14.3 Å². The maximum atomic E-state index is 12.4. The first-order chi connectivity index (χ1) is 13.6. The van der Waals surface area contributed by atoms with Gasteiger partial charge in [0.05, 0.1) is 17.5 Å². The van der Waals surface area contributed by atoms with E-state index in [-0.39, 0.29) is 24.5 Å². The molecule has 3 aromatic rings. The second kappa shape index (κ2) is 7.89. The van der Waals surface area contributed by atoms with Crippen LogP contribution in [-0.2, 0) is 4.79 Å². The van der Waals surface area contributed by atoms with Crippen LogP contribution in [0.1, 0.15) is 24.1 Å². The summed E-state index contributed by atoms with van der Waals surface area (Å²) in [5.74, 6) is 1.53. The molecule has 4 rings (SSSR count). The first-order valence-electron chi connectivity index (χ1n) is 8.77. The van der Waals surface area contributed by atoms with E-state index in [1.54, 1.807) is 4.68 Å². The fourth-order valence-corrected chi connectivity index (χ4v) is 3.50. The third-order valence-corrected chi connectivity index (χ3v) is 5.25. The van der Waals surface area contributed by atoms with Crippen molar-refractivity contribution in [3.8, 4) is 17.2 Å². The number of amides is 1. The molecule has 2 heterocycles. The van der Waals surface area contributed by atoms with Crippen molar-refractivity contribution in [1.29, 1.82) is 0 Å². The fraction of sp³-hybridized carbons (Fsp3) is 0.263. The van der Waals surface area contributed by atoms with Crippen LogP contribution in [0.3, 0.4) is 0 Å². The Balaban J connectivity index is 1.36. The molecule has 0 spiro atoms. The number of aryl methyl sites for hydroxylation is 1. The topological polar surface area (TPSA) is 91.2 Å². The number of fused-ring (bicyclic) bond motifs is 1. The van der Waals surface area contributed by atoms with E-state index in [4.69, 9.17) is 9.47 Å². The summed E-state index contributed by atoms with van der Waals surface area (Å²) in [6, 6.07) is 13.4. The standard InChI is InChI=1S/C19H19N5O3S/c1-12-3-6-15(7-4-12)24-19(21-22-23-24)28-10-18(25)20-13(2)14-5-8-16-17(9-14)27-11-26-16/h3-9,13H,10-11H2,1-2H3,(H,20,25)/t13-/m0/s1. The van der Waals surface area contributed by atoms with Crippen molar-refractivity contribution in [2.45, 2.75) is 25.0 Å². The molecule has 2 aromatic carbocycles. The SMILES string of the molecule is Cc1ccc(-n2nnnc2SCC(=O)N[C@@H](C)c2ccc3c(c2)OCO3)cc1. The Morgan fingerprint density at radius 2 is 2.00 bits per heavy atom. The number of hydrogen-bond donors (Lipinski definition) is 1. The summed E-state index contributed by atoms with van der Waals surface area (Å²) in [6.45, 7) is 4.17. The van der Waals surface area contributed by atoms with E-state index in [9.17, 15) is 4.79 Å². The predicted molar refractivity (Wildman–Crippen MR) is 104 cm³/mol. The molecule has 0 unspecified atom stereocenters. The van der Waals surface area contributed by atoms with Crippen LogP contribution in [0.5, 0.6) is 11.5 Å². The second-order valence-corrected chi connectivity index (χ2v) is 7.34. The summed E-state index contributed by atoms with van der Waals surface area (Å²) < 4.78 is 12.3. The largest absolute Gasteiger partial charge is 0.454 e. The van der Waals surface area contributed by atoms with Crippen LogP contribution < -0.4 is 14.8 Å². The highest BCUT2D eigenvalue weighted by Crippen LogP contribution is 2.34.